The maximum atomic E-state index is 13.5. The summed E-state index contributed by atoms with van der Waals surface area (Å²) in [6, 6.07) is 12.3. The highest BCUT2D eigenvalue weighted by Crippen LogP contribution is 2.23. The molecule has 2 aromatic carbocycles. The Labute approximate surface area is 173 Å². The van der Waals surface area contributed by atoms with Crippen LogP contribution in [0.1, 0.15) is 40.7 Å². The molecule has 4 rings (SSSR count). The lowest BCUT2D eigenvalue weighted by atomic mass is 10.1. The first kappa shape index (κ1) is 20.1. The van der Waals surface area contributed by atoms with Gasteiger partial charge in [-0.25, -0.2) is 8.78 Å². The number of amides is 1. The van der Waals surface area contributed by atoms with E-state index in [0.717, 1.165) is 24.8 Å². The number of nitrogens with zero attached hydrogens (tertiary/aromatic N) is 3. The minimum Gasteiger partial charge on any atom is -0.471 e. The fraction of sp³-hybridized carbons (Fsp3) is 0.304. The molecule has 1 aliphatic heterocycles. The van der Waals surface area contributed by atoms with Crippen molar-refractivity contribution in [3.63, 3.8) is 0 Å². The molecule has 1 aliphatic rings. The molecule has 5 nitrogen and oxygen atoms in total. The van der Waals surface area contributed by atoms with Gasteiger partial charge in [0, 0.05) is 19.3 Å². The molecule has 7 heteroatoms. The first-order chi connectivity index (χ1) is 14.6. The fourth-order valence-corrected chi connectivity index (χ4v) is 3.61. The minimum absolute atomic E-state index is 0.0923. The second-order valence-electron chi connectivity index (χ2n) is 7.45. The first-order valence-corrected chi connectivity index (χ1v) is 10.1. The number of aromatic nitrogens is 2. The van der Waals surface area contributed by atoms with Crippen molar-refractivity contribution in [1.82, 2.24) is 14.7 Å². The number of rotatable bonds is 6. The van der Waals surface area contributed by atoms with Gasteiger partial charge >= 0.3 is 0 Å². The Morgan fingerprint density at radius 1 is 0.967 bits per heavy atom. The van der Waals surface area contributed by atoms with E-state index in [4.69, 9.17) is 4.74 Å². The number of hydrogen-bond acceptors (Lipinski definition) is 3. The molecule has 1 saturated heterocycles. The maximum absolute atomic E-state index is 13.5. The van der Waals surface area contributed by atoms with E-state index < -0.39 is 0 Å². The number of hydrogen-bond donors (Lipinski definition) is 0. The maximum Gasteiger partial charge on any atom is 0.260 e. The average Bonchev–Trinajstić information content (AvgIpc) is 3.15. The zero-order chi connectivity index (χ0) is 20.9. The summed E-state index contributed by atoms with van der Waals surface area (Å²) in [5.74, 6) is -0.607. The van der Waals surface area contributed by atoms with Crippen LogP contribution >= 0.6 is 0 Å². The Balaban J connectivity index is 1.58. The molecule has 1 aromatic heterocycles. The van der Waals surface area contributed by atoms with E-state index in [-0.39, 0.29) is 30.0 Å². The summed E-state index contributed by atoms with van der Waals surface area (Å²) in [5.41, 5.74) is 1.74. The van der Waals surface area contributed by atoms with Crippen molar-refractivity contribution in [2.45, 2.75) is 32.4 Å². The second-order valence-corrected chi connectivity index (χ2v) is 7.45. The molecule has 0 saturated carbocycles. The molecule has 0 spiro atoms. The van der Waals surface area contributed by atoms with Crippen molar-refractivity contribution in [3.05, 3.63) is 83.1 Å². The van der Waals surface area contributed by atoms with Gasteiger partial charge in [-0.1, -0.05) is 24.3 Å². The van der Waals surface area contributed by atoms with Crippen LogP contribution in [0.4, 0.5) is 8.78 Å². The minimum atomic E-state index is -0.350. The number of benzene rings is 2. The van der Waals surface area contributed by atoms with Gasteiger partial charge in [-0.05, 0) is 54.7 Å². The quantitative estimate of drug-likeness (QED) is 0.604. The Bertz CT molecular complexity index is 1030. The van der Waals surface area contributed by atoms with E-state index in [0.29, 0.717) is 30.8 Å². The van der Waals surface area contributed by atoms with Crippen LogP contribution < -0.4 is 4.74 Å². The van der Waals surface area contributed by atoms with Gasteiger partial charge in [0.15, 0.2) is 0 Å². The molecule has 156 valence electrons. The van der Waals surface area contributed by atoms with Gasteiger partial charge in [-0.2, -0.15) is 0 Å². The standard InChI is InChI=1S/C23H23F2N3O2/c24-19-8-4-6-17(12-19)14-28-15-21(23(29)27-10-2-1-3-11-27)22(26-28)30-16-18-7-5-9-20(25)13-18/h4-9,12-13,15H,1-3,10-11,14,16H2. The van der Waals surface area contributed by atoms with Crippen LogP contribution in [0.15, 0.2) is 54.7 Å². The summed E-state index contributed by atoms with van der Waals surface area (Å²) >= 11 is 0. The summed E-state index contributed by atoms with van der Waals surface area (Å²) in [4.78, 5) is 14.9. The number of carbonyl (C=O) groups excluding carboxylic acids is 1. The molecular weight excluding hydrogens is 388 g/mol. The first-order valence-electron chi connectivity index (χ1n) is 10.1. The number of piperidine rings is 1. The van der Waals surface area contributed by atoms with E-state index in [9.17, 15) is 13.6 Å². The number of carbonyl (C=O) groups is 1. The highest BCUT2D eigenvalue weighted by molar-refractivity contribution is 5.96. The molecule has 0 unspecified atom stereocenters. The van der Waals surface area contributed by atoms with Gasteiger partial charge in [-0.15, -0.1) is 5.10 Å². The lowest BCUT2D eigenvalue weighted by molar-refractivity contribution is 0.0719. The number of ether oxygens (including phenoxy) is 1. The van der Waals surface area contributed by atoms with Gasteiger partial charge in [0.1, 0.15) is 23.8 Å². The largest absolute Gasteiger partial charge is 0.471 e. The summed E-state index contributed by atoms with van der Waals surface area (Å²) in [7, 11) is 0. The van der Waals surface area contributed by atoms with E-state index in [2.05, 4.69) is 5.10 Å². The highest BCUT2D eigenvalue weighted by Gasteiger charge is 2.24. The van der Waals surface area contributed by atoms with Crippen molar-refractivity contribution in [2.24, 2.45) is 0 Å². The van der Waals surface area contributed by atoms with Crippen molar-refractivity contribution in [1.29, 1.82) is 0 Å². The molecule has 1 amide bonds. The summed E-state index contributed by atoms with van der Waals surface area (Å²) < 4.78 is 34.4. The van der Waals surface area contributed by atoms with Crippen LogP contribution in [0, 0.1) is 11.6 Å². The molecule has 0 aliphatic carbocycles. The van der Waals surface area contributed by atoms with Gasteiger partial charge in [-0.3, -0.25) is 9.48 Å². The van der Waals surface area contributed by atoms with Crippen LogP contribution in [0.3, 0.4) is 0 Å². The molecule has 3 aromatic rings. The summed E-state index contributed by atoms with van der Waals surface area (Å²) in [6.45, 7) is 1.81. The van der Waals surface area contributed by atoms with Crippen LogP contribution in [-0.4, -0.2) is 33.7 Å². The summed E-state index contributed by atoms with van der Waals surface area (Å²) in [5, 5.41) is 4.42. The van der Waals surface area contributed by atoms with Crippen LogP contribution in [0.2, 0.25) is 0 Å². The number of likely N-dealkylation sites (tertiary alicyclic amines) is 1. The van der Waals surface area contributed by atoms with Crippen LogP contribution in [0.5, 0.6) is 5.88 Å². The fourth-order valence-electron chi connectivity index (χ4n) is 3.61. The topological polar surface area (TPSA) is 47.4 Å². The highest BCUT2D eigenvalue weighted by atomic mass is 19.1. The Hall–Kier alpha value is -3.22. The monoisotopic (exact) mass is 411 g/mol. The van der Waals surface area contributed by atoms with Crippen LogP contribution in [0.25, 0.3) is 0 Å². The zero-order valence-corrected chi connectivity index (χ0v) is 16.6. The van der Waals surface area contributed by atoms with E-state index in [1.165, 1.54) is 24.3 Å². The molecular formula is C23H23F2N3O2. The molecule has 0 N–H and O–H groups in total. The zero-order valence-electron chi connectivity index (χ0n) is 16.6. The second kappa shape index (κ2) is 9.07. The van der Waals surface area contributed by atoms with Crippen molar-refractivity contribution >= 4 is 5.91 Å². The van der Waals surface area contributed by atoms with Crippen LogP contribution in [-0.2, 0) is 13.2 Å². The van der Waals surface area contributed by atoms with Crippen molar-refractivity contribution in [2.75, 3.05) is 13.1 Å². The normalized spacial score (nSPS) is 14.0. The van der Waals surface area contributed by atoms with Crippen molar-refractivity contribution < 1.29 is 18.3 Å². The number of halogens is 2. The van der Waals surface area contributed by atoms with Gasteiger partial charge < -0.3 is 9.64 Å². The lowest BCUT2D eigenvalue weighted by Crippen LogP contribution is -2.35. The average molecular weight is 411 g/mol. The molecule has 0 bridgehead atoms. The van der Waals surface area contributed by atoms with Gasteiger partial charge in [0.25, 0.3) is 5.91 Å². The Morgan fingerprint density at radius 3 is 2.33 bits per heavy atom. The summed E-state index contributed by atoms with van der Waals surface area (Å²) in [6.07, 6.45) is 4.71. The Morgan fingerprint density at radius 2 is 1.63 bits per heavy atom. The molecule has 1 fully saturated rings. The predicted molar refractivity (Wildman–Crippen MR) is 108 cm³/mol. The molecule has 0 atom stereocenters. The smallest absolute Gasteiger partial charge is 0.260 e. The third-order valence-electron chi connectivity index (χ3n) is 5.10. The Kier molecular flexibility index (Phi) is 6.07. The molecule has 2 heterocycles. The van der Waals surface area contributed by atoms with Gasteiger partial charge in [0.05, 0.1) is 6.54 Å². The van der Waals surface area contributed by atoms with E-state index in [1.807, 2.05) is 4.90 Å². The lowest BCUT2D eigenvalue weighted by Gasteiger charge is -2.26. The predicted octanol–water partition coefficient (Wildman–Crippen LogP) is 4.41. The molecule has 30 heavy (non-hydrogen) atoms. The molecule has 0 radical (unpaired) electrons. The third kappa shape index (κ3) is 4.84. The van der Waals surface area contributed by atoms with E-state index >= 15 is 0 Å². The van der Waals surface area contributed by atoms with Gasteiger partial charge in [0.2, 0.25) is 5.88 Å². The SMILES string of the molecule is O=C(c1cn(Cc2cccc(F)c2)nc1OCc1cccc(F)c1)N1CCCCC1. The third-order valence-corrected chi connectivity index (χ3v) is 5.10. The van der Waals surface area contributed by atoms with E-state index in [1.54, 1.807) is 35.1 Å². The van der Waals surface area contributed by atoms with Crippen molar-refractivity contribution in [3.8, 4) is 5.88 Å².